The highest BCUT2D eigenvalue weighted by molar-refractivity contribution is 6.10. The molecule has 1 aliphatic heterocycles. The Morgan fingerprint density at radius 1 is 1.14 bits per heavy atom. The van der Waals surface area contributed by atoms with Crippen LogP contribution in [0.4, 0.5) is 10.5 Å². The molecule has 1 atom stereocenters. The van der Waals surface area contributed by atoms with Crippen LogP contribution in [-0.2, 0) is 15.1 Å². The number of nitrogens with zero attached hydrogens (tertiary/aromatic N) is 2. The lowest BCUT2D eigenvalue weighted by Crippen LogP contribution is -2.44. The van der Waals surface area contributed by atoms with Gasteiger partial charge in [0.2, 0.25) is 5.91 Å². The molecule has 0 bridgehead atoms. The molecule has 0 aliphatic carbocycles. The maximum Gasteiger partial charge on any atom is 0.325 e. The first-order chi connectivity index (χ1) is 13.5. The van der Waals surface area contributed by atoms with Crippen LogP contribution in [0.5, 0.6) is 0 Å². The van der Waals surface area contributed by atoms with Crippen LogP contribution in [0.3, 0.4) is 0 Å². The summed E-state index contributed by atoms with van der Waals surface area (Å²) in [5, 5.41) is 14.2. The van der Waals surface area contributed by atoms with Gasteiger partial charge in [0.05, 0.1) is 11.6 Å². The summed E-state index contributed by atoms with van der Waals surface area (Å²) in [6.45, 7) is 1.55. The Balaban J connectivity index is 1.77. The minimum atomic E-state index is -1.15. The second-order valence-electron chi connectivity index (χ2n) is 6.58. The SMILES string of the molecule is CCCC1(c2ccccc2)NC(=O)N(CC(=O)Nc2ccc(C#N)cc2)C1=O. The summed E-state index contributed by atoms with van der Waals surface area (Å²) in [6, 6.07) is 16.8. The summed E-state index contributed by atoms with van der Waals surface area (Å²) < 4.78 is 0. The maximum atomic E-state index is 13.1. The lowest BCUT2D eigenvalue weighted by molar-refractivity contribution is -0.134. The van der Waals surface area contributed by atoms with Gasteiger partial charge in [-0.15, -0.1) is 0 Å². The first kappa shape index (κ1) is 19.1. The van der Waals surface area contributed by atoms with Crippen LogP contribution < -0.4 is 10.6 Å². The van der Waals surface area contributed by atoms with Crippen molar-refractivity contribution in [1.29, 1.82) is 5.26 Å². The largest absolute Gasteiger partial charge is 0.325 e. The van der Waals surface area contributed by atoms with Gasteiger partial charge in [-0.25, -0.2) is 4.79 Å². The Kier molecular flexibility index (Phi) is 5.41. The second kappa shape index (κ2) is 7.92. The Morgan fingerprint density at radius 3 is 2.43 bits per heavy atom. The average Bonchev–Trinajstić information content (AvgIpc) is 2.94. The third kappa shape index (κ3) is 3.58. The van der Waals surface area contributed by atoms with Crippen molar-refractivity contribution < 1.29 is 14.4 Å². The number of hydrogen-bond acceptors (Lipinski definition) is 4. The van der Waals surface area contributed by atoms with Crippen molar-refractivity contribution in [2.75, 3.05) is 11.9 Å². The number of rotatable bonds is 6. The zero-order chi connectivity index (χ0) is 20.1. The maximum absolute atomic E-state index is 13.1. The lowest BCUT2D eigenvalue weighted by atomic mass is 9.85. The molecule has 1 fully saturated rings. The molecule has 1 heterocycles. The van der Waals surface area contributed by atoms with E-state index in [0.717, 1.165) is 4.90 Å². The van der Waals surface area contributed by atoms with Crippen LogP contribution in [0.2, 0.25) is 0 Å². The van der Waals surface area contributed by atoms with Crippen LogP contribution in [0, 0.1) is 11.3 Å². The van der Waals surface area contributed by atoms with Gasteiger partial charge >= 0.3 is 6.03 Å². The third-order valence-electron chi connectivity index (χ3n) is 4.67. The van der Waals surface area contributed by atoms with Gasteiger partial charge in [0.15, 0.2) is 0 Å². The Bertz CT molecular complexity index is 934. The third-order valence-corrected chi connectivity index (χ3v) is 4.67. The number of nitriles is 1. The van der Waals surface area contributed by atoms with Crippen molar-refractivity contribution in [3.8, 4) is 6.07 Å². The van der Waals surface area contributed by atoms with Crippen molar-refractivity contribution in [2.45, 2.75) is 25.3 Å². The zero-order valence-electron chi connectivity index (χ0n) is 15.4. The van der Waals surface area contributed by atoms with Gasteiger partial charge in [-0.05, 0) is 36.2 Å². The number of carbonyl (C=O) groups excluding carboxylic acids is 3. The molecule has 1 aliphatic rings. The summed E-state index contributed by atoms with van der Waals surface area (Å²) >= 11 is 0. The predicted octanol–water partition coefficient (Wildman–Crippen LogP) is 2.74. The Labute approximate surface area is 163 Å². The molecule has 2 aromatic rings. The van der Waals surface area contributed by atoms with Crippen LogP contribution in [0.1, 0.15) is 30.9 Å². The molecule has 0 aromatic heterocycles. The predicted molar refractivity (Wildman–Crippen MR) is 103 cm³/mol. The smallest absolute Gasteiger partial charge is 0.325 e. The standard InChI is InChI=1S/C21H20N4O3/c1-2-12-21(16-6-4-3-5-7-16)19(27)25(20(28)24-21)14-18(26)23-17-10-8-15(13-22)9-11-17/h3-11H,2,12,14H2,1H3,(H,23,26)(H,24,28). The van der Waals surface area contributed by atoms with E-state index in [2.05, 4.69) is 10.6 Å². The van der Waals surface area contributed by atoms with Crippen molar-refractivity contribution in [3.63, 3.8) is 0 Å². The number of urea groups is 1. The van der Waals surface area contributed by atoms with Gasteiger partial charge in [-0.1, -0.05) is 43.7 Å². The van der Waals surface area contributed by atoms with E-state index in [4.69, 9.17) is 5.26 Å². The molecule has 2 N–H and O–H groups in total. The van der Waals surface area contributed by atoms with Crippen molar-refractivity contribution in [1.82, 2.24) is 10.2 Å². The molecule has 7 heteroatoms. The van der Waals surface area contributed by atoms with E-state index in [-0.39, 0.29) is 6.54 Å². The van der Waals surface area contributed by atoms with Gasteiger partial charge in [-0.2, -0.15) is 5.26 Å². The summed E-state index contributed by atoms with van der Waals surface area (Å²) in [7, 11) is 0. The molecule has 0 saturated carbocycles. The average molecular weight is 376 g/mol. The first-order valence-electron chi connectivity index (χ1n) is 9.00. The minimum absolute atomic E-state index is 0.386. The highest BCUT2D eigenvalue weighted by Crippen LogP contribution is 2.33. The molecular formula is C21H20N4O3. The van der Waals surface area contributed by atoms with Gasteiger partial charge in [0, 0.05) is 5.69 Å². The zero-order valence-corrected chi connectivity index (χ0v) is 15.4. The lowest BCUT2D eigenvalue weighted by Gasteiger charge is -2.26. The quantitative estimate of drug-likeness (QED) is 0.757. The molecule has 2 aromatic carbocycles. The number of benzene rings is 2. The van der Waals surface area contributed by atoms with E-state index in [1.54, 1.807) is 36.4 Å². The summed E-state index contributed by atoms with van der Waals surface area (Å²) in [4.78, 5) is 38.9. The fraction of sp³-hybridized carbons (Fsp3) is 0.238. The Hall–Kier alpha value is -3.66. The van der Waals surface area contributed by atoms with E-state index in [0.29, 0.717) is 29.7 Å². The van der Waals surface area contributed by atoms with Crippen LogP contribution in [0.25, 0.3) is 0 Å². The van der Waals surface area contributed by atoms with Crippen molar-refractivity contribution in [2.24, 2.45) is 0 Å². The van der Waals surface area contributed by atoms with E-state index in [1.807, 2.05) is 31.2 Å². The number of hydrogen-bond donors (Lipinski definition) is 2. The van der Waals surface area contributed by atoms with Crippen LogP contribution >= 0.6 is 0 Å². The van der Waals surface area contributed by atoms with Crippen LogP contribution in [0.15, 0.2) is 54.6 Å². The molecule has 7 nitrogen and oxygen atoms in total. The summed E-state index contributed by atoms with van der Waals surface area (Å²) in [5.41, 5.74) is 0.505. The normalized spacial score (nSPS) is 18.5. The van der Waals surface area contributed by atoms with Crippen LogP contribution in [-0.4, -0.2) is 29.3 Å². The minimum Gasteiger partial charge on any atom is -0.325 e. The Morgan fingerprint density at radius 2 is 1.82 bits per heavy atom. The van der Waals surface area contributed by atoms with Gasteiger partial charge < -0.3 is 10.6 Å². The molecule has 0 spiro atoms. The molecular weight excluding hydrogens is 356 g/mol. The van der Waals surface area contributed by atoms with Gasteiger partial charge in [-0.3, -0.25) is 14.5 Å². The topological polar surface area (TPSA) is 102 Å². The highest BCUT2D eigenvalue weighted by Gasteiger charge is 2.52. The first-order valence-corrected chi connectivity index (χ1v) is 9.00. The number of nitrogens with one attached hydrogen (secondary N) is 2. The molecule has 142 valence electrons. The molecule has 4 amide bonds. The van der Waals surface area contributed by atoms with E-state index in [9.17, 15) is 14.4 Å². The number of carbonyl (C=O) groups is 3. The monoisotopic (exact) mass is 376 g/mol. The molecule has 3 rings (SSSR count). The van der Waals surface area contributed by atoms with E-state index < -0.39 is 23.4 Å². The molecule has 0 radical (unpaired) electrons. The van der Waals surface area contributed by atoms with Gasteiger partial charge in [0.25, 0.3) is 5.91 Å². The summed E-state index contributed by atoms with van der Waals surface area (Å²) in [5.74, 6) is -0.922. The van der Waals surface area contributed by atoms with Crippen molar-refractivity contribution in [3.05, 3.63) is 65.7 Å². The molecule has 1 saturated heterocycles. The van der Waals surface area contributed by atoms with E-state index >= 15 is 0 Å². The second-order valence-corrected chi connectivity index (χ2v) is 6.58. The fourth-order valence-corrected chi connectivity index (χ4v) is 3.35. The number of imide groups is 1. The highest BCUT2D eigenvalue weighted by atomic mass is 16.2. The number of anilines is 1. The number of amides is 4. The molecule has 1 unspecified atom stereocenters. The van der Waals surface area contributed by atoms with Crippen molar-refractivity contribution >= 4 is 23.5 Å². The fourth-order valence-electron chi connectivity index (χ4n) is 3.35. The molecule has 28 heavy (non-hydrogen) atoms. The van der Waals surface area contributed by atoms with Gasteiger partial charge in [0.1, 0.15) is 12.1 Å². The summed E-state index contributed by atoms with van der Waals surface area (Å²) in [6.07, 6.45) is 1.13. The van der Waals surface area contributed by atoms with E-state index in [1.165, 1.54) is 0 Å².